The minimum atomic E-state index is -1.14. The number of hydrogen-bond donors (Lipinski definition) is 1. The van der Waals surface area contributed by atoms with Crippen LogP contribution in [0.3, 0.4) is 0 Å². The average Bonchev–Trinajstić information content (AvgIpc) is 2.97. The van der Waals surface area contributed by atoms with Gasteiger partial charge in [-0.3, -0.25) is 0 Å². The summed E-state index contributed by atoms with van der Waals surface area (Å²) >= 11 is 0. The van der Waals surface area contributed by atoms with Gasteiger partial charge in [0.1, 0.15) is 5.75 Å². The lowest BCUT2D eigenvalue weighted by Crippen LogP contribution is -2.32. The highest BCUT2D eigenvalue weighted by Gasteiger charge is 2.44. The van der Waals surface area contributed by atoms with Crippen LogP contribution in [0.2, 0.25) is 0 Å². The first-order valence-electron chi connectivity index (χ1n) is 8.75. The molecule has 1 atom stereocenters. The van der Waals surface area contributed by atoms with E-state index in [0.29, 0.717) is 11.3 Å². The summed E-state index contributed by atoms with van der Waals surface area (Å²) in [6, 6.07) is 15.5. The summed E-state index contributed by atoms with van der Waals surface area (Å²) in [4.78, 5) is 12.9. The molecule has 3 rings (SSSR count). The van der Waals surface area contributed by atoms with Crippen molar-refractivity contribution in [2.45, 2.75) is 32.3 Å². The van der Waals surface area contributed by atoms with Gasteiger partial charge in [0.2, 0.25) is 0 Å². The van der Waals surface area contributed by atoms with E-state index in [4.69, 9.17) is 9.47 Å². The summed E-state index contributed by atoms with van der Waals surface area (Å²) in [5, 5.41) is 10.9. The summed E-state index contributed by atoms with van der Waals surface area (Å²) in [5.74, 6) is -0.203. The predicted octanol–water partition coefficient (Wildman–Crippen LogP) is 3.93. The molecule has 0 heterocycles. The normalized spacial score (nSPS) is 16.4. The molecule has 2 aromatic carbocycles. The van der Waals surface area contributed by atoms with Crippen molar-refractivity contribution in [2.75, 3.05) is 13.7 Å². The minimum absolute atomic E-state index is 0.280. The minimum Gasteiger partial charge on any atom is -0.497 e. The van der Waals surface area contributed by atoms with Gasteiger partial charge in [-0.2, -0.15) is 0 Å². The van der Waals surface area contributed by atoms with Crippen LogP contribution in [0.15, 0.2) is 54.1 Å². The Balaban J connectivity index is 2.32. The Hall–Kier alpha value is -2.59. The SMILES string of the molecule is CCOC(=O)C1=C(c2ccccc2)c2ccc(OC)cc2C1C(C)(C)O. The summed E-state index contributed by atoms with van der Waals surface area (Å²) in [5.41, 5.74) is 2.89. The van der Waals surface area contributed by atoms with E-state index >= 15 is 0 Å². The molecule has 26 heavy (non-hydrogen) atoms. The molecule has 0 aromatic heterocycles. The molecule has 0 fully saturated rings. The Morgan fingerprint density at radius 2 is 1.85 bits per heavy atom. The smallest absolute Gasteiger partial charge is 0.335 e. The summed E-state index contributed by atoms with van der Waals surface area (Å²) in [6.07, 6.45) is 0. The Bertz CT molecular complexity index is 844. The monoisotopic (exact) mass is 352 g/mol. The second kappa shape index (κ2) is 6.96. The van der Waals surface area contributed by atoms with Crippen LogP contribution in [-0.2, 0) is 9.53 Å². The Morgan fingerprint density at radius 1 is 1.15 bits per heavy atom. The molecule has 0 saturated carbocycles. The quantitative estimate of drug-likeness (QED) is 0.829. The molecule has 0 bridgehead atoms. The molecule has 136 valence electrons. The number of ether oxygens (including phenoxy) is 2. The number of aliphatic hydroxyl groups is 1. The molecule has 1 unspecified atom stereocenters. The number of benzene rings is 2. The second-order valence-corrected chi connectivity index (χ2v) is 6.92. The molecule has 4 nitrogen and oxygen atoms in total. The van der Waals surface area contributed by atoms with E-state index in [0.717, 1.165) is 22.3 Å². The third kappa shape index (κ3) is 3.13. The maximum atomic E-state index is 12.9. The number of carbonyl (C=O) groups excluding carboxylic acids is 1. The lowest BCUT2D eigenvalue weighted by Gasteiger charge is -2.28. The van der Waals surface area contributed by atoms with Gasteiger partial charge in [0.15, 0.2) is 0 Å². The fraction of sp³-hybridized carbons (Fsp3) is 0.318. The highest BCUT2D eigenvalue weighted by molar-refractivity contribution is 6.07. The highest BCUT2D eigenvalue weighted by atomic mass is 16.5. The molecule has 1 aliphatic carbocycles. The van der Waals surface area contributed by atoms with Gasteiger partial charge in [0, 0.05) is 11.5 Å². The fourth-order valence-electron chi connectivity index (χ4n) is 3.66. The molecule has 4 heteroatoms. The largest absolute Gasteiger partial charge is 0.497 e. The van der Waals surface area contributed by atoms with Gasteiger partial charge in [-0.15, -0.1) is 0 Å². The highest BCUT2D eigenvalue weighted by Crippen LogP contribution is 2.50. The third-order valence-electron chi connectivity index (χ3n) is 4.66. The number of rotatable bonds is 5. The van der Waals surface area contributed by atoms with Crippen LogP contribution < -0.4 is 4.74 Å². The van der Waals surface area contributed by atoms with Gasteiger partial charge in [-0.25, -0.2) is 4.79 Å². The molecule has 1 aliphatic rings. The Kier molecular flexibility index (Phi) is 4.88. The topological polar surface area (TPSA) is 55.8 Å². The van der Waals surface area contributed by atoms with E-state index < -0.39 is 17.5 Å². The van der Waals surface area contributed by atoms with Crippen molar-refractivity contribution in [1.82, 2.24) is 0 Å². The summed E-state index contributed by atoms with van der Waals surface area (Å²) < 4.78 is 10.7. The van der Waals surface area contributed by atoms with Crippen molar-refractivity contribution < 1.29 is 19.4 Å². The molecule has 0 aliphatic heterocycles. The number of methoxy groups -OCH3 is 1. The summed E-state index contributed by atoms with van der Waals surface area (Å²) in [7, 11) is 1.60. The molecular weight excluding hydrogens is 328 g/mol. The lowest BCUT2D eigenvalue weighted by molar-refractivity contribution is -0.139. The van der Waals surface area contributed by atoms with E-state index in [1.807, 2.05) is 48.5 Å². The van der Waals surface area contributed by atoms with Crippen molar-refractivity contribution in [2.24, 2.45) is 0 Å². The fourth-order valence-corrected chi connectivity index (χ4v) is 3.66. The standard InChI is InChI=1S/C22H24O4/c1-5-26-21(23)19-18(14-9-7-6-8-10-14)16-12-11-15(25-4)13-17(16)20(19)22(2,3)24/h6-13,20,24H,5H2,1-4H3. The molecule has 1 N–H and O–H groups in total. The zero-order chi connectivity index (χ0) is 18.9. The van der Waals surface area contributed by atoms with Gasteiger partial charge in [-0.05, 0) is 49.6 Å². The van der Waals surface area contributed by atoms with Crippen LogP contribution >= 0.6 is 0 Å². The summed E-state index contributed by atoms with van der Waals surface area (Å²) in [6.45, 7) is 5.50. The lowest BCUT2D eigenvalue weighted by atomic mass is 9.81. The van der Waals surface area contributed by atoms with Gasteiger partial charge >= 0.3 is 5.97 Å². The number of fused-ring (bicyclic) bond motifs is 1. The van der Waals surface area contributed by atoms with Crippen LogP contribution in [0.25, 0.3) is 5.57 Å². The second-order valence-electron chi connectivity index (χ2n) is 6.92. The zero-order valence-corrected chi connectivity index (χ0v) is 15.6. The van der Waals surface area contributed by atoms with E-state index in [-0.39, 0.29) is 6.61 Å². The number of esters is 1. The van der Waals surface area contributed by atoms with Crippen LogP contribution in [-0.4, -0.2) is 30.4 Å². The van der Waals surface area contributed by atoms with E-state index in [1.165, 1.54) is 0 Å². The van der Waals surface area contributed by atoms with Gasteiger partial charge < -0.3 is 14.6 Å². The van der Waals surface area contributed by atoms with Crippen molar-refractivity contribution in [3.63, 3.8) is 0 Å². The Labute approximate surface area is 154 Å². The van der Waals surface area contributed by atoms with E-state index in [2.05, 4.69) is 0 Å². The van der Waals surface area contributed by atoms with Crippen molar-refractivity contribution in [3.8, 4) is 5.75 Å². The van der Waals surface area contributed by atoms with E-state index in [9.17, 15) is 9.90 Å². The van der Waals surface area contributed by atoms with Gasteiger partial charge in [0.25, 0.3) is 0 Å². The van der Waals surface area contributed by atoms with Crippen LogP contribution in [0.4, 0.5) is 0 Å². The predicted molar refractivity (Wildman–Crippen MR) is 101 cm³/mol. The number of hydrogen-bond acceptors (Lipinski definition) is 4. The average molecular weight is 352 g/mol. The Morgan fingerprint density at radius 3 is 2.42 bits per heavy atom. The first-order valence-corrected chi connectivity index (χ1v) is 8.75. The van der Waals surface area contributed by atoms with Crippen molar-refractivity contribution >= 4 is 11.5 Å². The van der Waals surface area contributed by atoms with Crippen LogP contribution in [0, 0.1) is 0 Å². The molecular formula is C22H24O4. The molecule has 0 radical (unpaired) electrons. The zero-order valence-electron chi connectivity index (χ0n) is 15.6. The van der Waals surface area contributed by atoms with Crippen LogP contribution in [0.5, 0.6) is 5.75 Å². The van der Waals surface area contributed by atoms with Crippen molar-refractivity contribution in [3.05, 3.63) is 70.8 Å². The number of carbonyl (C=O) groups is 1. The van der Waals surface area contributed by atoms with Gasteiger partial charge in [0.05, 0.1) is 24.9 Å². The molecule has 0 amide bonds. The first kappa shape index (κ1) is 18.2. The third-order valence-corrected chi connectivity index (χ3v) is 4.66. The molecule has 0 spiro atoms. The van der Waals surface area contributed by atoms with E-state index in [1.54, 1.807) is 27.9 Å². The maximum Gasteiger partial charge on any atom is 0.335 e. The maximum absolute atomic E-state index is 12.9. The molecule has 2 aromatic rings. The van der Waals surface area contributed by atoms with Gasteiger partial charge in [-0.1, -0.05) is 36.4 Å². The molecule has 0 saturated heterocycles. The van der Waals surface area contributed by atoms with Crippen LogP contribution in [0.1, 0.15) is 43.4 Å². The van der Waals surface area contributed by atoms with Crippen molar-refractivity contribution in [1.29, 1.82) is 0 Å². The first-order chi connectivity index (χ1) is 12.4.